The summed E-state index contributed by atoms with van der Waals surface area (Å²) in [4.78, 5) is 4.73. The van der Waals surface area contributed by atoms with E-state index in [1.165, 1.54) is 42.9 Å². The van der Waals surface area contributed by atoms with Crippen LogP contribution in [0, 0.1) is 12.3 Å². The van der Waals surface area contributed by atoms with Crippen LogP contribution < -0.4 is 5.32 Å². The summed E-state index contributed by atoms with van der Waals surface area (Å²) in [7, 11) is 0. The standard InChI is InChI=1S/C16H29N3/c1-5-6-7-9-16(3,4)12-19-13(2)18-14-11-17-10-8-15(14)19/h17H,5-12H2,1-4H3. The molecular formula is C16H29N3. The minimum absolute atomic E-state index is 0.374. The fourth-order valence-corrected chi connectivity index (χ4v) is 3.08. The molecule has 2 rings (SSSR count). The fraction of sp³-hybridized carbons (Fsp3) is 0.812. The number of aromatic nitrogens is 2. The average Bonchev–Trinajstić information content (AvgIpc) is 2.66. The van der Waals surface area contributed by atoms with Crippen molar-refractivity contribution in [2.75, 3.05) is 6.54 Å². The lowest BCUT2D eigenvalue weighted by Crippen LogP contribution is -2.27. The van der Waals surface area contributed by atoms with E-state index in [0.717, 1.165) is 26.1 Å². The molecule has 0 saturated heterocycles. The first-order valence-electron chi connectivity index (χ1n) is 7.79. The summed E-state index contributed by atoms with van der Waals surface area (Å²) in [5.74, 6) is 1.19. The van der Waals surface area contributed by atoms with Gasteiger partial charge in [0, 0.05) is 31.7 Å². The van der Waals surface area contributed by atoms with Gasteiger partial charge < -0.3 is 9.88 Å². The minimum Gasteiger partial charge on any atom is -0.331 e. The third-order valence-corrected chi connectivity index (χ3v) is 4.22. The summed E-state index contributed by atoms with van der Waals surface area (Å²) in [6.07, 6.45) is 6.45. The summed E-state index contributed by atoms with van der Waals surface area (Å²) < 4.78 is 2.47. The van der Waals surface area contributed by atoms with Gasteiger partial charge in [-0.25, -0.2) is 4.98 Å². The van der Waals surface area contributed by atoms with Crippen molar-refractivity contribution in [3.8, 4) is 0 Å². The molecule has 0 atom stereocenters. The molecule has 0 saturated carbocycles. The number of hydrogen-bond acceptors (Lipinski definition) is 2. The number of aryl methyl sites for hydroxylation is 1. The largest absolute Gasteiger partial charge is 0.331 e. The second-order valence-electron chi connectivity index (χ2n) is 6.69. The maximum atomic E-state index is 4.73. The Bertz CT molecular complexity index is 418. The third kappa shape index (κ3) is 3.59. The molecule has 19 heavy (non-hydrogen) atoms. The van der Waals surface area contributed by atoms with Crippen molar-refractivity contribution in [3.63, 3.8) is 0 Å². The van der Waals surface area contributed by atoms with Gasteiger partial charge in [0.25, 0.3) is 0 Å². The first-order chi connectivity index (χ1) is 9.03. The summed E-state index contributed by atoms with van der Waals surface area (Å²) in [5, 5.41) is 3.41. The van der Waals surface area contributed by atoms with Crippen molar-refractivity contribution in [1.29, 1.82) is 0 Å². The van der Waals surface area contributed by atoms with Gasteiger partial charge >= 0.3 is 0 Å². The lowest BCUT2D eigenvalue weighted by molar-refractivity contribution is 0.265. The van der Waals surface area contributed by atoms with E-state index in [9.17, 15) is 0 Å². The highest BCUT2D eigenvalue weighted by Crippen LogP contribution is 2.28. The Morgan fingerprint density at radius 2 is 2.11 bits per heavy atom. The van der Waals surface area contributed by atoms with Crippen molar-refractivity contribution in [3.05, 3.63) is 17.2 Å². The molecule has 3 heteroatoms. The van der Waals surface area contributed by atoms with E-state index >= 15 is 0 Å². The summed E-state index contributed by atoms with van der Waals surface area (Å²) in [6.45, 7) is 12.4. The van der Waals surface area contributed by atoms with Crippen LogP contribution in [-0.2, 0) is 19.5 Å². The Hall–Kier alpha value is -0.830. The van der Waals surface area contributed by atoms with Gasteiger partial charge in [-0.2, -0.15) is 0 Å². The molecular weight excluding hydrogens is 234 g/mol. The highest BCUT2D eigenvalue weighted by atomic mass is 15.1. The number of unbranched alkanes of at least 4 members (excludes halogenated alkanes) is 2. The van der Waals surface area contributed by atoms with E-state index in [1.807, 2.05) is 0 Å². The maximum absolute atomic E-state index is 4.73. The van der Waals surface area contributed by atoms with Gasteiger partial charge in [0.15, 0.2) is 0 Å². The fourth-order valence-electron chi connectivity index (χ4n) is 3.08. The van der Waals surface area contributed by atoms with E-state index < -0.39 is 0 Å². The molecule has 0 aliphatic carbocycles. The topological polar surface area (TPSA) is 29.9 Å². The quantitative estimate of drug-likeness (QED) is 0.797. The lowest BCUT2D eigenvalue weighted by atomic mass is 9.86. The first-order valence-corrected chi connectivity index (χ1v) is 7.79. The van der Waals surface area contributed by atoms with E-state index in [4.69, 9.17) is 4.98 Å². The molecule has 1 aromatic heterocycles. The van der Waals surface area contributed by atoms with Crippen LogP contribution in [0.2, 0.25) is 0 Å². The van der Waals surface area contributed by atoms with Crippen LogP contribution in [0.1, 0.15) is 63.7 Å². The highest BCUT2D eigenvalue weighted by Gasteiger charge is 2.24. The van der Waals surface area contributed by atoms with Crippen LogP contribution in [-0.4, -0.2) is 16.1 Å². The van der Waals surface area contributed by atoms with Crippen molar-refractivity contribution in [2.45, 2.75) is 72.9 Å². The van der Waals surface area contributed by atoms with Crippen LogP contribution >= 0.6 is 0 Å². The zero-order valence-electron chi connectivity index (χ0n) is 13.1. The molecule has 108 valence electrons. The number of fused-ring (bicyclic) bond motifs is 1. The number of hydrogen-bond donors (Lipinski definition) is 1. The molecule has 0 fully saturated rings. The molecule has 3 nitrogen and oxygen atoms in total. The lowest BCUT2D eigenvalue weighted by Gasteiger charge is -2.27. The molecule has 0 bridgehead atoms. The van der Waals surface area contributed by atoms with Crippen LogP contribution in [0.15, 0.2) is 0 Å². The van der Waals surface area contributed by atoms with Crippen LogP contribution in [0.5, 0.6) is 0 Å². The van der Waals surface area contributed by atoms with Gasteiger partial charge in [0.05, 0.1) is 5.69 Å². The Kier molecular flexibility index (Phi) is 4.67. The summed E-state index contributed by atoms with van der Waals surface area (Å²) in [6, 6.07) is 0. The van der Waals surface area contributed by atoms with Crippen LogP contribution in [0.4, 0.5) is 0 Å². The zero-order chi connectivity index (χ0) is 13.9. The van der Waals surface area contributed by atoms with Crippen LogP contribution in [0.3, 0.4) is 0 Å². The molecule has 0 amide bonds. The van der Waals surface area contributed by atoms with Gasteiger partial charge in [-0.15, -0.1) is 0 Å². The van der Waals surface area contributed by atoms with E-state index in [1.54, 1.807) is 0 Å². The third-order valence-electron chi connectivity index (χ3n) is 4.22. The Labute approximate surface area is 117 Å². The molecule has 2 heterocycles. The SMILES string of the molecule is CCCCCC(C)(C)Cn1c(C)nc2c1CCNC2. The van der Waals surface area contributed by atoms with E-state index in [-0.39, 0.29) is 0 Å². The normalized spacial score (nSPS) is 15.6. The van der Waals surface area contributed by atoms with Gasteiger partial charge in [-0.05, 0) is 18.8 Å². The van der Waals surface area contributed by atoms with Gasteiger partial charge in [-0.1, -0.05) is 40.0 Å². The van der Waals surface area contributed by atoms with E-state index in [2.05, 4.69) is 37.6 Å². The summed E-state index contributed by atoms with van der Waals surface area (Å²) >= 11 is 0. The predicted molar refractivity (Wildman–Crippen MR) is 80.3 cm³/mol. The Balaban J connectivity index is 2.07. The van der Waals surface area contributed by atoms with Gasteiger partial charge in [0.1, 0.15) is 5.82 Å². The zero-order valence-corrected chi connectivity index (χ0v) is 13.1. The second-order valence-corrected chi connectivity index (χ2v) is 6.69. The minimum atomic E-state index is 0.374. The average molecular weight is 263 g/mol. The predicted octanol–water partition coefficient (Wildman–Crippen LogP) is 3.44. The van der Waals surface area contributed by atoms with Crippen LogP contribution in [0.25, 0.3) is 0 Å². The monoisotopic (exact) mass is 263 g/mol. The number of rotatable bonds is 6. The molecule has 0 spiro atoms. The Morgan fingerprint density at radius 1 is 1.32 bits per heavy atom. The molecule has 1 aliphatic heterocycles. The van der Waals surface area contributed by atoms with Crippen molar-refractivity contribution in [2.24, 2.45) is 5.41 Å². The van der Waals surface area contributed by atoms with Crippen molar-refractivity contribution < 1.29 is 0 Å². The molecule has 1 aliphatic rings. The highest BCUT2D eigenvalue weighted by molar-refractivity contribution is 5.20. The number of nitrogens with one attached hydrogen (secondary N) is 1. The van der Waals surface area contributed by atoms with E-state index in [0.29, 0.717) is 5.41 Å². The second kappa shape index (κ2) is 6.08. The molecule has 1 N–H and O–H groups in total. The smallest absolute Gasteiger partial charge is 0.106 e. The number of nitrogens with zero attached hydrogens (tertiary/aromatic N) is 2. The van der Waals surface area contributed by atoms with Gasteiger partial charge in [0.2, 0.25) is 0 Å². The maximum Gasteiger partial charge on any atom is 0.106 e. The van der Waals surface area contributed by atoms with Gasteiger partial charge in [-0.3, -0.25) is 0 Å². The molecule has 0 unspecified atom stereocenters. The van der Waals surface area contributed by atoms with Crippen molar-refractivity contribution in [1.82, 2.24) is 14.9 Å². The summed E-state index contributed by atoms with van der Waals surface area (Å²) in [5.41, 5.74) is 3.12. The molecule has 0 aromatic carbocycles. The molecule has 1 aromatic rings. The van der Waals surface area contributed by atoms with Crippen molar-refractivity contribution >= 4 is 0 Å². The molecule has 0 radical (unpaired) electrons. The Morgan fingerprint density at radius 3 is 2.84 bits per heavy atom. The number of imidazole rings is 1. The first kappa shape index (κ1) is 14.6.